The molecule has 1 aliphatic carbocycles. The van der Waals surface area contributed by atoms with Crippen molar-refractivity contribution < 1.29 is 48.7 Å². The number of aryl methyl sites for hydroxylation is 1. The maximum absolute atomic E-state index is 8.36. The van der Waals surface area contributed by atoms with Crippen LogP contribution >= 0.6 is 34.0 Å². The molecule has 1 saturated carbocycles. The third-order valence-electron chi connectivity index (χ3n) is 15.6. The van der Waals surface area contributed by atoms with Crippen molar-refractivity contribution in [3.8, 4) is 86.0 Å². The van der Waals surface area contributed by atoms with Gasteiger partial charge in [0, 0.05) is 60.5 Å². The molecule has 0 spiro atoms. The lowest BCUT2D eigenvalue weighted by atomic mass is 9.99. The molecule has 93 heavy (non-hydrogen) atoms. The molecule has 0 amide bonds. The molecule has 3 aliphatic heterocycles. The van der Waals surface area contributed by atoms with Gasteiger partial charge in [0.25, 0.3) is 19.4 Å². The van der Waals surface area contributed by atoms with Gasteiger partial charge in [-0.2, -0.15) is 0 Å². The quantitative estimate of drug-likeness (QED) is 0.0609. The summed E-state index contributed by atoms with van der Waals surface area (Å²) in [7, 11) is 1.74. The van der Waals surface area contributed by atoms with E-state index in [1.807, 2.05) is 96.5 Å². The second-order valence-electron chi connectivity index (χ2n) is 23.7. The van der Waals surface area contributed by atoms with E-state index in [0.29, 0.717) is 0 Å². The summed E-state index contributed by atoms with van der Waals surface area (Å²) < 4.78 is 22.9. The number of benzene rings is 6. The highest BCUT2D eigenvalue weighted by Crippen LogP contribution is 2.45. The number of rotatable bonds is 20. The van der Waals surface area contributed by atoms with Gasteiger partial charge in [0.1, 0.15) is 38.0 Å². The first kappa shape index (κ1) is 70.6. The molecule has 4 aliphatic rings. The van der Waals surface area contributed by atoms with Gasteiger partial charge in [0.05, 0.1) is 40.1 Å². The van der Waals surface area contributed by atoms with Crippen molar-refractivity contribution in [1.29, 1.82) is 0 Å². The molecule has 3 saturated heterocycles. The SMILES string of the molecule is CC(C)Oc1ccc(-c2cnc(-c3ccc(CN4CCC4)c(C4CC4)c3)s2)cc1.COc1cc(-c2ncc(-c3ccc(OC(C)C)cc3)s2)ccc1CN1CCC1.Cc1cc(-c2ncc(-c3ccc(OC(C)C)cc3)s2)ccc1CN1CCC1.O=CO.O=CO.O=CO. The molecular weight excluding hydrogens is 1230 g/mol. The van der Waals surface area contributed by atoms with Gasteiger partial charge in [-0.15, -0.1) is 34.0 Å². The largest absolute Gasteiger partial charge is 0.496 e. The van der Waals surface area contributed by atoms with Gasteiger partial charge in [0.2, 0.25) is 0 Å². The van der Waals surface area contributed by atoms with Crippen LogP contribution in [0.5, 0.6) is 23.0 Å². The molecule has 3 aromatic heterocycles. The number of likely N-dealkylation sites (tertiary alicyclic amines) is 3. The van der Waals surface area contributed by atoms with Crippen LogP contribution in [0.4, 0.5) is 0 Å². The maximum atomic E-state index is 8.36. The third-order valence-corrected chi connectivity index (χ3v) is 18.9. The molecule has 3 N–H and O–H groups in total. The number of nitrogens with zero attached hydrogens (tertiary/aromatic N) is 6. The maximum Gasteiger partial charge on any atom is 0.290 e. The highest BCUT2D eigenvalue weighted by atomic mass is 32.1. The molecule has 6 heterocycles. The number of hydrogen-bond donors (Lipinski definition) is 3. The molecule has 9 aromatic rings. The number of ether oxygens (including phenoxy) is 4. The first-order valence-corrected chi connectivity index (χ1v) is 34.1. The average molecular weight is 1320 g/mol. The van der Waals surface area contributed by atoms with Crippen LogP contribution < -0.4 is 18.9 Å². The Kier molecular flexibility index (Phi) is 27.1. The Morgan fingerprint density at radius 3 is 1.09 bits per heavy atom. The Balaban J connectivity index is 0.000000168. The zero-order chi connectivity index (χ0) is 66.2. The molecule has 0 unspecified atom stereocenters. The average Bonchev–Trinajstić information content (AvgIpc) is 1.71. The van der Waals surface area contributed by atoms with E-state index < -0.39 is 0 Å². The Bertz CT molecular complexity index is 3740. The van der Waals surface area contributed by atoms with E-state index in [1.165, 1.54) is 126 Å². The minimum Gasteiger partial charge on any atom is -0.496 e. The van der Waals surface area contributed by atoms with Crippen molar-refractivity contribution in [2.75, 3.05) is 46.4 Å². The van der Waals surface area contributed by atoms with E-state index in [0.717, 1.165) is 79.6 Å². The van der Waals surface area contributed by atoms with E-state index in [-0.39, 0.29) is 37.7 Å². The molecule has 490 valence electrons. The lowest BCUT2D eigenvalue weighted by Crippen LogP contribution is -2.36. The fourth-order valence-electron chi connectivity index (χ4n) is 10.5. The Labute approximate surface area is 559 Å². The van der Waals surface area contributed by atoms with E-state index in [9.17, 15) is 0 Å². The van der Waals surface area contributed by atoms with Crippen molar-refractivity contribution in [3.05, 3.63) is 174 Å². The van der Waals surface area contributed by atoms with Crippen molar-refractivity contribution in [2.24, 2.45) is 0 Å². The molecule has 19 heteroatoms. The Morgan fingerprint density at radius 1 is 0.452 bits per heavy atom. The lowest BCUT2D eigenvalue weighted by molar-refractivity contribution is -0.123. The van der Waals surface area contributed by atoms with E-state index in [4.69, 9.17) is 53.6 Å². The van der Waals surface area contributed by atoms with Gasteiger partial charge in [0.15, 0.2) is 0 Å². The summed E-state index contributed by atoms with van der Waals surface area (Å²) in [6.07, 6.45) is 13.1. The van der Waals surface area contributed by atoms with E-state index in [2.05, 4.69) is 123 Å². The van der Waals surface area contributed by atoms with Crippen LogP contribution in [0.15, 0.2) is 146 Å². The van der Waals surface area contributed by atoms with E-state index in [1.54, 1.807) is 46.7 Å². The monoisotopic (exact) mass is 1310 g/mol. The van der Waals surface area contributed by atoms with Crippen molar-refractivity contribution in [2.45, 2.75) is 124 Å². The molecule has 0 radical (unpaired) electrons. The summed E-state index contributed by atoms with van der Waals surface area (Å²) in [5.41, 5.74) is 14.2. The summed E-state index contributed by atoms with van der Waals surface area (Å²) in [6.45, 7) is 24.2. The highest BCUT2D eigenvalue weighted by molar-refractivity contribution is 7.19. The van der Waals surface area contributed by atoms with Gasteiger partial charge >= 0.3 is 0 Å². The topological polar surface area (TPSA) is 197 Å². The van der Waals surface area contributed by atoms with Crippen LogP contribution in [0.3, 0.4) is 0 Å². The summed E-state index contributed by atoms with van der Waals surface area (Å²) in [6, 6.07) is 45.0. The highest BCUT2D eigenvalue weighted by Gasteiger charge is 2.28. The number of carbonyl (C=O) groups is 3. The summed E-state index contributed by atoms with van der Waals surface area (Å²) in [5, 5.41) is 23.9. The van der Waals surface area contributed by atoms with Crippen LogP contribution in [-0.2, 0) is 34.0 Å². The Hall–Kier alpha value is -8.30. The summed E-state index contributed by atoms with van der Waals surface area (Å²) in [4.78, 5) is 50.2. The zero-order valence-corrected chi connectivity index (χ0v) is 56.9. The zero-order valence-electron chi connectivity index (χ0n) is 54.4. The van der Waals surface area contributed by atoms with Gasteiger partial charge in [-0.1, -0.05) is 36.4 Å². The van der Waals surface area contributed by atoms with Crippen molar-refractivity contribution in [3.63, 3.8) is 0 Å². The molecule has 4 fully saturated rings. The third kappa shape index (κ3) is 21.1. The second kappa shape index (κ2) is 35.7. The van der Waals surface area contributed by atoms with Crippen LogP contribution in [0, 0.1) is 6.92 Å². The van der Waals surface area contributed by atoms with Crippen LogP contribution in [0.1, 0.15) is 107 Å². The summed E-state index contributed by atoms with van der Waals surface area (Å²) in [5.74, 6) is 4.42. The standard InChI is InChI=1S/C25H28N2OS.C23H26N2O2S.C23H26N2OS.3CH2O2/c1-17(2)28-22-10-8-19(9-11-22)24-15-26-25(29-24)20-6-7-21(16-27-12-3-13-27)23(14-20)18-4-5-18;1-16(2)27-20-9-7-17(8-10-20)22-14-24-23(28-22)18-5-6-19(21(13-18)26-3)15-25-11-4-12-25;1-16(2)26-21-9-7-18(8-10-21)22-14-24-23(27-22)19-5-6-20(17(3)13-19)15-25-11-4-12-25;3*2-1-3/h6-11,14-15,17-18H,3-5,12-13,16H2,1-2H3;5-10,13-14,16H,4,11-12,15H2,1-3H3;5-10,13-14,16H,4,11-12,15H2,1-3H3;3*1H,(H,2,3). The second-order valence-corrected chi connectivity index (χ2v) is 26.8. The van der Waals surface area contributed by atoms with Crippen molar-refractivity contribution >= 4 is 53.4 Å². The number of thiazole rings is 3. The molecule has 6 aromatic carbocycles. The fraction of sp³-hybridized carbons (Fsp3) is 0.351. The number of hydrogen-bond acceptors (Lipinski definition) is 16. The van der Waals surface area contributed by atoms with Gasteiger partial charge in [-0.05, 0) is 256 Å². The predicted octanol–water partition coefficient (Wildman–Crippen LogP) is 16.7. The van der Waals surface area contributed by atoms with Crippen LogP contribution in [-0.4, -0.2) is 129 Å². The minimum absolute atomic E-state index is 0.180. The predicted molar refractivity (Wildman–Crippen MR) is 375 cm³/mol. The minimum atomic E-state index is -0.250. The molecule has 0 atom stereocenters. The van der Waals surface area contributed by atoms with Gasteiger partial charge in [-0.25, -0.2) is 15.0 Å². The number of carboxylic acid groups (broad SMARTS) is 3. The number of methoxy groups -OCH3 is 1. The first-order chi connectivity index (χ1) is 45.1. The molecule has 0 bridgehead atoms. The molecular formula is C74H86N6O10S3. The first-order valence-electron chi connectivity index (χ1n) is 31.6. The van der Waals surface area contributed by atoms with Gasteiger partial charge < -0.3 is 34.3 Å². The number of aromatic nitrogens is 3. The Morgan fingerprint density at radius 2 is 0.763 bits per heavy atom. The van der Waals surface area contributed by atoms with Crippen LogP contribution in [0.25, 0.3) is 63.0 Å². The molecule has 16 nitrogen and oxygen atoms in total. The molecule has 13 rings (SSSR count). The fourth-order valence-corrected chi connectivity index (χ4v) is 13.3. The van der Waals surface area contributed by atoms with Gasteiger partial charge in [-0.3, -0.25) is 29.1 Å². The van der Waals surface area contributed by atoms with E-state index >= 15 is 0 Å². The smallest absolute Gasteiger partial charge is 0.290 e. The lowest BCUT2D eigenvalue weighted by Gasteiger charge is -2.31. The van der Waals surface area contributed by atoms with Crippen LogP contribution in [0.2, 0.25) is 0 Å². The summed E-state index contributed by atoms with van der Waals surface area (Å²) >= 11 is 5.21. The normalized spacial score (nSPS) is 14.1. The van der Waals surface area contributed by atoms with Crippen molar-refractivity contribution in [1.82, 2.24) is 29.7 Å².